The maximum atomic E-state index is 10.6. The monoisotopic (exact) mass is 420 g/mol. The Balaban J connectivity index is 1.96. The highest BCUT2D eigenvalue weighted by molar-refractivity contribution is 5.79. The van der Waals surface area contributed by atoms with E-state index in [-0.39, 0.29) is 6.10 Å². The van der Waals surface area contributed by atoms with Crippen molar-refractivity contribution in [3.05, 3.63) is 29.8 Å². The van der Waals surface area contributed by atoms with Gasteiger partial charge in [0.2, 0.25) is 0 Å². The number of rotatable bonds is 10. The molecule has 2 atom stereocenters. The van der Waals surface area contributed by atoms with Gasteiger partial charge in [-0.2, -0.15) is 0 Å². The van der Waals surface area contributed by atoms with Gasteiger partial charge < -0.3 is 25.2 Å². The van der Waals surface area contributed by atoms with Crippen LogP contribution in [0.4, 0.5) is 0 Å². The minimum absolute atomic E-state index is 0.100. The molecular weight excluding hydrogens is 380 g/mol. The van der Waals surface area contributed by atoms with Gasteiger partial charge in [-0.15, -0.1) is 0 Å². The summed E-state index contributed by atoms with van der Waals surface area (Å²) >= 11 is 0. The number of nitrogens with one attached hydrogen (secondary N) is 2. The first-order chi connectivity index (χ1) is 14.4. The van der Waals surface area contributed by atoms with Crippen molar-refractivity contribution in [2.45, 2.75) is 52.9 Å². The molecule has 0 bridgehead atoms. The van der Waals surface area contributed by atoms with Crippen LogP contribution >= 0.6 is 0 Å². The summed E-state index contributed by atoms with van der Waals surface area (Å²) in [5, 5.41) is 17.2. The number of aliphatic hydroxyl groups is 1. The Labute approximate surface area is 181 Å². The van der Waals surface area contributed by atoms with Gasteiger partial charge in [0.25, 0.3) is 0 Å². The average molecular weight is 421 g/mol. The molecule has 1 aliphatic rings. The van der Waals surface area contributed by atoms with Gasteiger partial charge in [-0.25, -0.2) is 0 Å². The summed E-state index contributed by atoms with van der Waals surface area (Å²) in [4.78, 5) is 7.28. The fourth-order valence-corrected chi connectivity index (χ4v) is 3.56. The number of ether oxygens (including phenoxy) is 2. The van der Waals surface area contributed by atoms with E-state index in [0.717, 1.165) is 50.1 Å². The average Bonchev–Trinajstić information content (AvgIpc) is 2.72. The Morgan fingerprint density at radius 1 is 1.20 bits per heavy atom. The Morgan fingerprint density at radius 2 is 1.93 bits per heavy atom. The molecule has 0 radical (unpaired) electrons. The number of hydrogen-bond acceptors (Lipinski definition) is 5. The maximum absolute atomic E-state index is 10.6. The molecule has 1 aromatic carbocycles. The predicted octanol–water partition coefficient (Wildman–Crippen LogP) is 2.42. The number of aliphatic hydroxyl groups excluding tert-OH is 1. The lowest BCUT2D eigenvalue weighted by Crippen LogP contribution is -2.48. The fraction of sp³-hybridized carbons (Fsp3) is 0.696. The molecule has 1 aromatic rings. The number of aliphatic imine (C=N–C) groups is 1. The molecule has 1 heterocycles. The number of nitrogens with zero attached hydrogens (tertiary/aromatic N) is 2. The molecule has 3 N–H and O–H groups in total. The van der Waals surface area contributed by atoms with Crippen molar-refractivity contribution in [2.24, 2.45) is 10.9 Å². The van der Waals surface area contributed by atoms with Gasteiger partial charge in [-0.1, -0.05) is 26.0 Å². The third-order valence-corrected chi connectivity index (χ3v) is 5.14. The number of guanidine groups is 1. The molecule has 170 valence electrons. The molecule has 2 rings (SSSR count). The van der Waals surface area contributed by atoms with E-state index in [1.807, 2.05) is 45.0 Å². The zero-order chi connectivity index (χ0) is 21.9. The second-order valence-electron chi connectivity index (χ2n) is 8.32. The van der Waals surface area contributed by atoms with Gasteiger partial charge in [0, 0.05) is 32.2 Å². The van der Waals surface area contributed by atoms with Gasteiger partial charge in [0.1, 0.15) is 5.75 Å². The number of hydrogen-bond donors (Lipinski definition) is 3. The SMILES string of the molecule is CCNC(=NCC(C(C)C)N1CCOCC1)NCC(O)c1cccc(OC(C)C)c1. The lowest BCUT2D eigenvalue weighted by molar-refractivity contribution is 0.00867. The summed E-state index contributed by atoms with van der Waals surface area (Å²) in [5.74, 6) is 2.00. The normalized spacial score (nSPS) is 17.8. The lowest BCUT2D eigenvalue weighted by atomic mass is 10.0. The van der Waals surface area contributed by atoms with Crippen molar-refractivity contribution in [3.8, 4) is 5.75 Å². The van der Waals surface area contributed by atoms with Crippen molar-refractivity contribution in [2.75, 3.05) is 45.9 Å². The Morgan fingerprint density at radius 3 is 2.57 bits per heavy atom. The molecular formula is C23H40N4O3. The minimum Gasteiger partial charge on any atom is -0.491 e. The molecule has 7 heteroatoms. The second kappa shape index (κ2) is 12.8. The summed E-state index contributed by atoms with van der Waals surface area (Å²) in [6, 6.07) is 8.00. The van der Waals surface area contributed by atoms with Crippen molar-refractivity contribution in [1.82, 2.24) is 15.5 Å². The Hall–Kier alpha value is -1.83. The quantitative estimate of drug-likeness (QED) is 0.399. The van der Waals surface area contributed by atoms with Crippen LogP contribution in [0.2, 0.25) is 0 Å². The molecule has 2 unspecified atom stereocenters. The highest BCUT2D eigenvalue weighted by Crippen LogP contribution is 2.20. The molecule has 30 heavy (non-hydrogen) atoms. The Kier molecular flexibility index (Phi) is 10.4. The summed E-state index contributed by atoms with van der Waals surface area (Å²) < 4.78 is 11.2. The first-order valence-corrected chi connectivity index (χ1v) is 11.2. The molecule has 0 amide bonds. The van der Waals surface area contributed by atoms with Crippen LogP contribution in [0, 0.1) is 5.92 Å². The summed E-state index contributed by atoms with van der Waals surface area (Å²) in [7, 11) is 0. The fourth-order valence-electron chi connectivity index (χ4n) is 3.56. The minimum atomic E-state index is -0.648. The first-order valence-electron chi connectivity index (χ1n) is 11.2. The summed E-state index contributed by atoms with van der Waals surface area (Å²) in [5.41, 5.74) is 0.824. The third kappa shape index (κ3) is 8.13. The molecule has 1 aliphatic heterocycles. The standard InChI is InChI=1S/C23H40N4O3/c1-6-24-23(25-15-21(17(2)3)27-10-12-29-13-11-27)26-16-22(28)19-8-7-9-20(14-19)30-18(4)5/h7-9,14,17-18,21-22,28H,6,10-13,15-16H2,1-5H3,(H2,24,25,26). The van der Waals surface area contributed by atoms with Gasteiger partial charge in [0.15, 0.2) is 5.96 Å². The van der Waals surface area contributed by atoms with E-state index in [1.54, 1.807) is 0 Å². The molecule has 0 saturated carbocycles. The van der Waals surface area contributed by atoms with Crippen molar-refractivity contribution < 1.29 is 14.6 Å². The lowest BCUT2D eigenvalue weighted by Gasteiger charge is -2.36. The molecule has 0 aromatic heterocycles. The molecule has 1 fully saturated rings. The zero-order valence-corrected chi connectivity index (χ0v) is 19.2. The van der Waals surface area contributed by atoms with E-state index in [0.29, 0.717) is 25.0 Å². The highest BCUT2D eigenvalue weighted by atomic mass is 16.5. The van der Waals surface area contributed by atoms with Crippen LogP contribution in [0.5, 0.6) is 5.75 Å². The van der Waals surface area contributed by atoms with Crippen LogP contribution in [-0.4, -0.2) is 74.0 Å². The van der Waals surface area contributed by atoms with Crippen LogP contribution in [0.3, 0.4) is 0 Å². The Bertz CT molecular complexity index is 645. The van der Waals surface area contributed by atoms with E-state index >= 15 is 0 Å². The zero-order valence-electron chi connectivity index (χ0n) is 19.2. The largest absolute Gasteiger partial charge is 0.491 e. The summed E-state index contributed by atoms with van der Waals surface area (Å²) in [6.45, 7) is 15.8. The molecule has 0 spiro atoms. The number of benzene rings is 1. The van der Waals surface area contributed by atoms with Gasteiger partial charge in [0.05, 0.1) is 32.0 Å². The smallest absolute Gasteiger partial charge is 0.191 e. The van der Waals surface area contributed by atoms with E-state index < -0.39 is 6.10 Å². The van der Waals surface area contributed by atoms with Crippen molar-refractivity contribution >= 4 is 5.96 Å². The second-order valence-corrected chi connectivity index (χ2v) is 8.32. The topological polar surface area (TPSA) is 78.4 Å². The van der Waals surface area contributed by atoms with Crippen molar-refractivity contribution in [3.63, 3.8) is 0 Å². The van der Waals surface area contributed by atoms with Gasteiger partial charge >= 0.3 is 0 Å². The van der Waals surface area contributed by atoms with Gasteiger partial charge in [-0.3, -0.25) is 9.89 Å². The van der Waals surface area contributed by atoms with Crippen molar-refractivity contribution in [1.29, 1.82) is 0 Å². The molecule has 0 aliphatic carbocycles. The van der Waals surface area contributed by atoms with E-state index in [2.05, 4.69) is 29.4 Å². The van der Waals surface area contributed by atoms with Gasteiger partial charge in [-0.05, 0) is 44.4 Å². The predicted molar refractivity (Wildman–Crippen MR) is 122 cm³/mol. The van der Waals surface area contributed by atoms with Crippen LogP contribution in [0.1, 0.15) is 46.3 Å². The van der Waals surface area contributed by atoms with Crippen LogP contribution < -0.4 is 15.4 Å². The van der Waals surface area contributed by atoms with Crippen LogP contribution in [-0.2, 0) is 4.74 Å². The molecule has 1 saturated heterocycles. The molecule has 7 nitrogen and oxygen atoms in total. The highest BCUT2D eigenvalue weighted by Gasteiger charge is 2.23. The van der Waals surface area contributed by atoms with Crippen LogP contribution in [0.15, 0.2) is 29.3 Å². The van der Waals surface area contributed by atoms with E-state index in [4.69, 9.17) is 14.5 Å². The first kappa shape index (κ1) is 24.4. The van der Waals surface area contributed by atoms with Crippen LogP contribution in [0.25, 0.3) is 0 Å². The van der Waals surface area contributed by atoms with E-state index in [1.165, 1.54) is 0 Å². The van der Waals surface area contributed by atoms with E-state index in [9.17, 15) is 5.11 Å². The number of morpholine rings is 1. The third-order valence-electron chi connectivity index (χ3n) is 5.14. The summed E-state index contributed by atoms with van der Waals surface area (Å²) in [6.07, 6.45) is -0.548. The maximum Gasteiger partial charge on any atom is 0.191 e.